The molecule has 1 aromatic carbocycles. The van der Waals surface area contributed by atoms with Crippen LogP contribution in [0, 0.1) is 17.0 Å². The van der Waals surface area contributed by atoms with E-state index in [1.807, 2.05) is 0 Å². The Kier molecular flexibility index (Phi) is 4.75. The molecule has 2 rings (SSSR count). The molecule has 1 heterocycles. The average molecular weight is 306 g/mol. The molecule has 0 spiro atoms. The summed E-state index contributed by atoms with van der Waals surface area (Å²) in [5.41, 5.74) is 0.984. The summed E-state index contributed by atoms with van der Waals surface area (Å²) in [5, 5.41) is 20.1. The minimum absolute atomic E-state index is 0.0166. The molecule has 118 valence electrons. The fraction of sp³-hybridized carbons (Fsp3) is 0.467. The molecule has 1 unspecified atom stereocenters. The van der Waals surface area contributed by atoms with Gasteiger partial charge in [-0.2, -0.15) is 0 Å². The lowest BCUT2D eigenvalue weighted by Gasteiger charge is -2.33. The maximum absolute atomic E-state index is 12.4. The van der Waals surface area contributed by atoms with Gasteiger partial charge in [0.25, 0.3) is 5.69 Å². The van der Waals surface area contributed by atoms with Crippen LogP contribution < -0.4 is 0 Å². The van der Waals surface area contributed by atoms with Crippen LogP contribution in [0.25, 0.3) is 0 Å². The molecule has 22 heavy (non-hydrogen) atoms. The number of carbonyl (C=O) groups is 2. The van der Waals surface area contributed by atoms with E-state index >= 15 is 0 Å². The van der Waals surface area contributed by atoms with Crippen LogP contribution in [-0.2, 0) is 16.0 Å². The van der Waals surface area contributed by atoms with Crippen molar-refractivity contribution in [3.05, 3.63) is 39.4 Å². The van der Waals surface area contributed by atoms with Crippen LogP contribution in [0.1, 0.15) is 30.4 Å². The highest BCUT2D eigenvalue weighted by atomic mass is 16.6. The van der Waals surface area contributed by atoms with Gasteiger partial charge in [0.05, 0.1) is 11.3 Å². The molecule has 1 fully saturated rings. The maximum Gasteiger partial charge on any atom is 0.326 e. The molecule has 1 atom stereocenters. The van der Waals surface area contributed by atoms with Gasteiger partial charge in [-0.15, -0.1) is 0 Å². The van der Waals surface area contributed by atoms with Gasteiger partial charge < -0.3 is 10.0 Å². The molecule has 1 N–H and O–H groups in total. The average Bonchev–Trinajstić information content (AvgIpc) is 2.49. The first-order valence-corrected chi connectivity index (χ1v) is 7.17. The van der Waals surface area contributed by atoms with Crippen LogP contribution in [0.2, 0.25) is 0 Å². The number of carbonyl (C=O) groups excluding carboxylic acids is 1. The first-order valence-electron chi connectivity index (χ1n) is 7.17. The lowest BCUT2D eigenvalue weighted by atomic mass is 9.99. The van der Waals surface area contributed by atoms with Crippen molar-refractivity contribution in [2.75, 3.05) is 6.54 Å². The smallest absolute Gasteiger partial charge is 0.326 e. The molecule has 0 aliphatic carbocycles. The third-order valence-corrected chi connectivity index (χ3v) is 4.06. The van der Waals surface area contributed by atoms with E-state index in [0.717, 1.165) is 12.8 Å². The number of benzene rings is 1. The summed E-state index contributed by atoms with van der Waals surface area (Å²) in [6, 6.07) is 3.81. The topological polar surface area (TPSA) is 101 Å². The predicted molar refractivity (Wildman–Crippen MR) is 78.5 cm³/mol. The van der Waals surface area contributed by atoms with Crippen LogP contribution in [0.3, 0.4) is 0 Å². The van der Waals surface area contributed by atoms with Gasteiger partial charge in [0, 0.05) is 18.2 Å². The molecule has 0 bridgehead atoms. The van der Waals surface area contributed by atoms with Gasteiger partial charge in [-0.1, -0.05) is 12.1 Å². The highest BCUT2D eigenvalue weighted by Crippen LogP contribution is 2.23. The first-order chi connectivity index (χ1) is 10.4. The summed E-state index contributed by atoms with van der Waals surface area (Å²) in [5.74, 6) is -1.29. The predicted octanol–water partition coefficient (Wildman–Crippen LogP) is 1.91. The van der Waals surface area contributed by atoms with Gasteiger partial charge in [0.1, 0.15) is 6.04 Å². The number of likely N-dealkylation sites (tertiary alicyclic amines) is 1. The molecule has 0 aromatic heterocycles. The SMILES string of the molecule is Cc1c(CC(=O)N2CCCCC2C(=O)O)cccc1[N+](=O)[O-]. The molecule has 1 amide bonds. The molecule has 1 saturated heterocycles. The van der Waals surface area contributed by atoms with Crippen molar-refractivity contribution in [3.8, 4) is 0 Å². The van der Waals surface area contributed by atoms with Crippen LogP contribution in [-0.4, -0.2) is 39.4 Å². The van der Waals surface area contributed by atoms with Gasteiger partial charge in [-0.3, -0.25) is 14.9 Å². The standard InChI is InChI=1S/C15H18N2O5/c1-10-11(5-4-7-12(10)17(21)22)9-14(18)16-8-3-2-6-13(16)15(19)20/h4-5,7,13H,2-3,6,8-9H2,1H3,(H,19,20). The van der Waals surface area contributed by atoms with Crippen molar-refractivity contribution in [1.29, 1.82) is 0 Å². The van der Waals surface area contributed by atoms with Gasteiger partial charge >= 0.3 is 5.97 Å². The fourth-order valence-corrected chi connectivity index (χ4v) is 2.81. The molecule has 1 aliphatic rings. The summed E-state index contributed by atoms with van der Waals surface area (Å²) in [7, 11) is 0. The fourth-order valence-electron chi connectivity index (χ4n) is 2.81. The Hall–Kier alpha value is -2.44. The van der Waals surface area contributed by atoms with Gasteiger partial charge in [-0.05, 0) is 31.7 Å². The molecule has 7 heteroatoms. The molecule has 1 aromatic rings. The van der Waals surface area contributed by atoms with Crippen LogP contribution in [0.4, 0.5) is 5.69 Å². The van der Waals surface area contributed by atoms with Crippen LogP contribution in [0.5, 0.6) is 0 Å². The Morgan fingerprint density at radius 1 is 1.41 bits per heavy atom. The zero-order valence-corrected chi connectivity index (χ0v) is 12.3. The Morgan fingerprint density at radius 2 is 2.14 bits per heavy atom. The molecular formula is C15H18N2O5. The van der Waals surface area contributed by atoms with Crippen LogP contribution in [0.15, 0.2) is 18.2 Å². The number of nitrogens with zero attached hydrogens (tertiary/aromatic N) is 2. The number of hydrogen-bond donors (Lipinski definition) is 1. The highest BCUT2D eigenvalue weighted by molar-refractivity contribution is 5.85. The summed E-state index contributed by atoms with van der Waals surface area (Å²) in [6.07, 6.45) is 2.01. The van der Waals surface area contributed by atoms with Gasteiger partial charge in [-0.25, -0.2) is 4.79 Å². The van der Waals surface area contributed by atoms with Gasteiger partial charge in [0.15, 0.2) is 0 Å². The van der Waals surface area contributed by atoms with E-state index in [1.54, 1.807) is 19.1 Å². The monoisotopic (exact) mass is 306 g/mol. The summed E-state index contributed by atoms with van der Waals surface area (Å²) < 4.78 is 0. The van der Waals surface area contributed by atoms with E-state index in [4.69, 9.17) is 0 Å². The minimum Gasteiger partial charge on any atom is -0.480 e. The Morgan fingerprint density at radius 3 is 2.77 bits per heavy atom. The second kappa shape index (κ2) is 6.55. The maximum atomic E-state index is 12.4. The second-order valence-electron chi connectivity index (χ2n) is 5.43. The third kappa shape index (κ3) is 3.24. The van der Waals surface area contributed by atoms with Gasteiger partial charge in [0.2, 0.25) is 5.91 Å². The number of amides is 1. The Bertz CT molecular complexity index is 614. The number of carboxylic acids is 1. The summed E-state index contributed by atoms with van der Waals surface area (Å²) in [4.78, 5) is 35.5. The normalized spacial score (nSPS) is 18.0. The number of aliphatic carboxylic acids is 1. The summed E-state index contributed by atoms with van der Waals surface area (Å²) >= 11 is 0. The molecule has 7 nitrogen and oxygen atoms in total. The third-order valence-electron chi connectivity index (χ3n) is 4.06. The number of carboxylic acid groups (broad SMARTS) is 1. The second-order valence-corrected chi connectivity index (χ2v) is 5.43. The van der Waals surface area contributed by atoms with E-state index in [9.17, 15) is 24.8 Å². The number of rotatable bonds is 4. The van der Waals surface area contributed by atoms with E-state index in [1.165, 1.54) is 11.0 Å². The van der Waals surface area contributed by atoms with Crippen molar-refractivity contribution in [3.63, 3.8) is 0 Å². The van der Waals surface area contributed by atoms with Crippen LogP contribution >= 0.6 is 0 Å². The Labute approximate surface area is 127 Å². The molecule has 1 aliphatic heterocycles. The number of hydrogen-bond acceptors (Lipinski definition) is 4. The minimum atomic E-state index is -0.996. The lowest BCUT2D eigenvalue weighted by Crippen LogP contribution is -2.48. The van der Waals surface area contributed by atoms with Crippen molar-refractivity contribution >= 4 is 17.6 Å². The number of nitro benzene ring substituents is 1. The van der Waals surface area contributed by atoms with E-state index < -0.39 is 16.9 Å². The van der Waals surface area contributed by atoms with Crippen molar-refractivity contribution in [1.82, 2.24) is 4.90 Å². The quantitative estimate of drug-likeness (QED) is 0.676. The highest BCUT2D eigenvalue weighted by Gasteiger charge is 2.32. The number of nitro groups is 1. The first kappa shape index (κ1) is 15.9. The largest absolute Gasteiger partial charge is 0.480 e. The number of piperidine rings is 1. The van der Waals surface area contributed by atoms with E-state index in [0.29, 0.717) is 24.1 Å². The molecule has 0 radical (unpaired) electrons. The molecular weight excluding hydrogens is 288 g/mol. The lowest BCUT2D eigenvalue weighted by molar-refractivity contribution is -0.385. The van der Waals surface area contributed by atoms with Crippen molar-refractivity contribution in [2.24, 2.45) is 0 Å². The zero-order valence-electron chi connectivity index (χ0n) is 12.3. The Balaban J connectivity index is 2.19. The molecule has 0 saturated carbocycles. The summed E-state index contributed by atoms with van der Waals surface area (Å²) in [6.45, 7) is 2.02. The van der Waals surface area contributed by atoms with Crippen molar-refractivity contribution < 1.29 is 19.6 Å². The zero-order chi connectivity index (χ0) is 16.3. The van der Waals surface area contributed by atoms with Crippen molar-refractivity contribution in [2.45, 2.75) is 38.6 Å². The van der Waals surface area contributed by atoms with E-state index in [2.05, 4.69) is 0 Å². The van der Waals surface area contributed by atoms with E-state index in [-0.39, 0.29) is 18.0 Å².